The van der Waals surface area contributed by atoms with E-state index in [4.69, 9.17) is 5.11 Å². The average Bonchev–Trinajstić information content (AvgIpc) is 2.39. The number of halogens is 1. The second kappa shape index (κ2) is 6.66. The SMILES string of the molecule is C[C@H](c1cccc(Br)c1)N1CCN(CCO)CC1. The molecule has 0 radical (unpaired) electrons. The number of piperazine rings is 1. The molecule has 1 aliphatic rings. The lowest BCUT2D eigenvalue weighted by Crippen LogP contribution is -2.47. The van der Waals surface area contributed by atoms with Crippen molar-refractivity contribution in [2.75, 3.05) is 39.3 Å². The van der Waals surface area contributed by atoms with Crippen LogP contribution < -0.4 is 0 Å². The fourth-order valence-electron chi connectivity index (χ4n) is 2.49. The van der Waals surface area contributed by atoms with Gasteiger partial charge in [0.15, 0.2) is 0 Å². The summed E-state index contributed by atoms with van der Waals surface area (Å²) in [4.78, 5) is 4.83. The van der Waals surface area contributed by atoms with Gasteiger partial charge in [0.1, 0.15) is 0 Å². The van der Waals surface area contributed by atoms with E-state index < -0.39 is 0 Å². The van der Waals surface area contributed by atoms with E-state index in [2.05, 4.69) is 56.9 Å². The highest BCUT2D eigenvalue weighted by molar-refractivity contribution is 9.10. The summed E-state index contributed by atoms with van der Waals surface area (Å²) < 4.78 is 1.14. The first-order valence-electron chi connectivity index (χ1n) is 6.53. The second-order valence-corrected chi connectivity index (χ2v) is 5.75. The number of β-amino-alcohol motifs (C(OH)–C–C–N with tert-alkyl or cyclic N) is 1. The first kappa shape index (κ1) is 14.0. The molecular formula is C14H21BrN2O. The van der Waals surface area contributed by atoms with Gasteiger partial charge in [-0.2, -0.15) is 0 Å². The van der Waals surface area contributed by atoms with Gasteiger partial charge in [-0.15, -0.1) is 0 Å². The molecule has 1 aliphatic heterocycles. The molecule has 1 aromatic carbocycles. The van der Waals surface area contributed by atoms with Crippen molar-refractivity contribution in [2.24, 2.45) is 0 Å². The van der Waals surface area contributed by atoms with E-state index in [0.29, 0.717) is 6.04 Å². The number of hydrogen-bond donors (Lipinski definition) is 1. The molecule has 100 valence electrons. The van der Waals surface area contributed by atoms with Crippen LogP contribution in [0.4, 0.5) is 0 Å². The summed E-state index contributed by atoms with van der Waals surface area (Å²) in [6.45, 7) is 7.60. The van der Waals surface area contributed by atoms with Crippen LogP contribution in [0.5, 0.6) is 0 Å². The van der Waals surface area contributed by atoms with Crippen molar-refractivity contribution in [1.29, 1.82) is 0 Å². The van der Waals surface area contributed by atoms with E-state index in [0.717, 1.165) is 37.2 Å². The topological polar surface area (TPSA) is 26.7 Å². The first-order valence-corrected chi connectivity index (χ1v) is 7.32. The lowest BCUT2D eigenvalue weighted by Gasteiger charge is -2.38. The zero-order valence-corrected chi connectivity index (χ0v) is 12.4. The lowest BCUT2D eigenvalue weighted by molar-refractivity contribution is 0.0888. The molecule has 0 bridgehead atoms. The zero-order valence-electron chi connectivity index (χ0n) is 10.8. The zero-order chi connectivity index (χ0) is 13.0. The summed E-state index contributed by atoms with van der Waals surface area (Å²) in [6, 6.07) is 9.01. The quantitative estimate of drug-likeness (QED) is 0.922. The van der Waals surface area contributed by atoms with Gasteiger partial charge in [0.25, 0.3) is 0 Å². The Morgan fingerprint density at radius 2 is 2.00 bits per heavy atom. The fourth-order valence-corrected chi connectivity index (χ4v) is 2.91. The molecule has 2 rings (SSSR count). The Morgan fingerprint density at radius 3 is 2.61 bits per heavy atom. The molecular weight excluding hydrogens is 292 g/mol. The lowest BCUT2D eigenvalue weighted by atomic mass is 10.1. The van der Waals surface area contributed by atoms with Crippen molar-refractivity contribution in [3.05, 3.63) is 34.3 Å². The van der Waals surface area contributed by atoms with Gasteiger partial charge in [-0.05, 0) is 24.6 Å². The molecule has 18 heavy (non-hydrogen) atoms. The molecule has 0 aliphatic carbocycles. The van der Waals surface area contributed by atoms with Crippen molar-refractivity contribution in [2.45, 2.75) is 13.0 Å². The minimum Gasteiger partial charge on any atom is -0.395 e. The standard InChI is InChI=1S/C14H21BrN2O/c1-12(13-3-2-4-14(15)11-13)17-7-5-16(6-8-17)9-10-18/h2-4,11-12,18H,5-10H2,1H3/t12-/m1/s1. The van der Waals surface area contributed by atoms with Gasteiger partial charge in [0.05, 0.1) is 6.61 Å². The highest BCUT2D eigenvalue weighted by Crippen LogP contribution is 2.24. The van der Waals surface area contributed by atoms with Gasteiger partial charge in [-0.3, -0.25) is 9.80 Å². The van der Waals surface area contributed by atoms with Gasteiger partial charge < -0.3 is 5.11 Å². The minimum absolute atomic E-state index is 0.265. The Balaban J connectivity index is 1.93. The van der Waals surface area contributed by atoms with Crippen molar-refractivity contribution >= 4 is 15.9 Å². The van der Waals surface area contributed by atoms with E-state index in [1.807, 2.05) is 0 Å². The number of aliphatic hydroxyl groups excluding tert-OH is 1. The maximum Gasteiger partial charge on any atom is 0.0558 e. The van der Waals surface area contributed by atoms with Crippen LogP contribution in [-0.4, -0.2) is 54.2 Å². The molecule has 1 saturated heterocycles. The van der Waals surface area contributed by atoms with E-state index in [1.54, 1.807) is 0 Å². The number of aliphatic hydroxyl groups is 1. The highest BCUT2D eigenvalue weighted by atomic mass is 79.9. The molecule has 0 aromatic heterocycles. The van der Waals surface area contributed by atoms with Crippen LogP contribution in [0.25, 0.3) is 0 Å². The molecule has 3 nitrogen and oxygen atoms in total. The van der Waals surface area contributed by atoms with Gasteiger partial charge in [-0.1, -0.05) is 28.1 Å². The third-order valence-corrected chi connectivity index (χ3v) is 4.20. The molecule has 0 saturated carbocycles. The number of hydrogen-bond acceptors (Lipinski definition) is 3. The third-order valence-electron chi connectivity index (χ3n) is 3.70. The van der Waals surface area contributed by atoms with Crippen LogP contribution in [0, 0.1) is 0 Å². The third kappa shape index (κ3) is 3.54. The van der Waals surface area contributed by atoms with Crippen molar-refractivity contribution in [3.8, 4) is 0 Å². The van der Waals surface area contributed by atoms with E-state index in [1.165, 1.54) is 5.56 Å². The van der Waals surface area contributed by atoms with E-state index in [-0.39, 0.29) is 6.61 Å². The van der Waals surface area contributed by atoms with Crippen LogP contribution in [0.3, 0.4) is 0 Å². The second-order valence-electron chi connectivity index (χ2n) is 4.83. The monoisotopic (exact) mass is 312 g/mol. The van der Waals surface area contributed by atoms with Crippen LogP contribution >= 0.6 is 15.9 Å². The van der Waals surface area contributed by atoms with Crippen molar-refractivity contribution < 1.29 is 5.11 Å². The number of benzene rings is 1. The summed E-state index contributed by atoms with van der Waals surface area (Å²) in [7, 11) is 0. The fraction of sp³-hybridized carbons (Fsp3) is 0.571. The Kier molecular flexibility index (Phi) is 5.18. The molecule has 1 heterocycles. The van der Waals surface area contributed by atoms with Gasteiger partial charge >= 0.3 is 0 Å². The van der Waals surface area contributed by atoms with Crippen LogP contribution in [0.15, 0.2) is 28.7 Å². The summed E-state index contributed by atoms with van der Waals surface area (Å²) >= 11 is 3.53. The normalized spacial score (nSPS) is 19.9. The Labute approximate surface area is 118 Å². The summed E-state index contributed by atoms with van der Waals surface area (Å²) in [5.41, 5.74) is 1.36. The Hall–Kier alpha value is -0.420. The molecule has 1 atom stereocenters. The highest BCUT2D eigenvalue weighted by Gasteiger charge is 2.21. The first-order chi connectivity index (χ1) is 8.70. The summed E-state index contributed by atoms with van der Waals surface area (Å²) in [5, 5.41) is 8.94. The van der Waals surface area contributed by atoms with E-state index in [9.17, 15) is 0 Å². The predicted molar refractivity (Wildman–Crippen MR) is 77.7 cm³/mol. The Morgan fingerprint density at radius 1 is 1.28 bits per heavy atom. The minimum atomic E-state index is 0.265. The average molecular weight is 313 g/mol. The summed E-state index contributed by atoms with van der Waals surface area (Å²) in [6.07, 6.45) is 0. The molecule has 1 N–H and O–H groups in total. The van der Waals surface area contributed by atoms with Crippen LogP contribution in [-0.2, 0) is 0 Å². The number of rotatable bonds is 4. The molecule has 0 amide bonds. The van der Waals surface area contributed by atoms with Crippen LogP contribution in [0.1, 0.15) is 18.5 Å². The smallest absolute Gasteiger partial charge is 0.0558 e. The Bertz CT molecular complexity index is 378. The van der Waals surface area contributed by atoms with Crippen molar-refractivity contribution in [1.82, 2.24) is 9.80 Å². The van der Waals surface area contributed by atoms with Gasteiger partial charge in [0, 0.05) is 43.2 Å². The molecule has 4 heteroatoms. The van der Waals surface area contributed by atoms with Gasteiger partial charge in [0.2, 0.25) is 0 Å². The molecule has 1 fully saturated rings. The van der Waals surface area contributed by atoms with E-state index >= 15 is 0 Å². The molecule has 0 unspecified atom stereocenters. The molecule has 0 spiro atoms. The predicted octanol–water partition coefficient (Wildman–Crippen LogP) is 2.12. The van der Waals surface area contributed by atoms with Crippen molar-refractivity contribution in [3.63, 3.8) is 0 Å². The number of nitrogens with zero attached hydrogens (tertiary/aromatic N) is 2. The van der Waals surface area contributed by atoms with Crippen LogP contribution in [0.2, 0.25) is 0 Å². The van der Waals surface area contributed by atoms with Gasteiger partial charge in [-0.25, -0.2) is 0 Å². The largest absolute Gasteiger partial charge is 0.395 e. The maximum atomic E-state index is 8.94. The maximum absolute atomic E-state index is 8.94. The molecule has 1 aromatic rings. The summed E-state index contributed by atoms with van der Waals surface area (Å²) in [5.74, 6) is 0.